The quantitative estimate of drug-likeness (QED) is 0.268. The van der Waals surface area contributed by atoms with E-state index in [1.807, 2.05) is 12.3 Å². The number of thioether (sulfide) groups is 1. The second kappa shape index (κ2) is 9.43. The van der Waals surface area contributed by atoms with Gasteiger partial charge in [0.15, 0.2) is 6.10 Å². The van der Waals surface area contributed by atoms with Gasteiger partial charge in [0.2, 0.25) is 0 Å². The first-order valence-corrected chi connectivity index (χ1v) is 9.18. The van der Waals surface area contributed by atoms with E-state index in [2.05, 4.69) is 17.4 Å². The van der Waals surface area contributed by atoms with Crippen LogP contribution in [0.2, 0.25) is 0 Å². The van der Waals surface area contributed by atoms with Gasteiger partial charge in [-0.1, -0.05) is 6.08 Å². The number of hydroxylamine groups is 1. The monoisotopic (exact) mass is 357 g/mol. The fourth-order valence-corrected chi connectivity index (χ4v) is 3.73. The lowest BCUT2D eigenvalue weighted by Gasteiger charge is -2.28. The van der Waals surface area contributed by atoms with E-state index < -0.39 is 18.1 Å². The molecule has 1 saturated heterocycles. The molecule has 0 radical (unpaired) electrons. The molecule has 0 aliphatic carbocycles. The van der Waals surface area contributed by atoms with Crippen LogP contribution in [0.3, 0.4) is 0 Å². The molecule has 0 bridgehead atoms. The van der Waals surface area contributed by atoms with Gasteiger partial charge >= 0.3 is 0 Å². The van der Waals surface area contributed by atoms with E-state index in [1.165, 1.54) is 0 Å². The molecule has 1 fully saturated rings. The Bertz CT molecular complexity index is 474. The molecule has 24 heavy (non-hydrogen) atoms. The van der Waals surface area contributed by atoms with Crippen LogP contribution in [-0.2, 0) is 9.63 Å². The summed E-state index contributed by atoms with van der Waals surface area (Å²) >= 11 is 1.65. The van der Waals surface area contributed by atoms with Crippen LogP contribution in [0.25, 0.3) is 0 Å². The summed E-state index contributed by atoms with van der Waals surface area (Å²) in [5.74, 6) is -0.441. The van der Waals surface area contributed by atoms with Gasteiger partial charge in [-0.2, -0.15) is 5.48 Å². The van der Waals surface area contributed by atoms with E-state index in [-0.39, 0.29) is 18.0 Å². The molecule has 0 aromatic heterocycles. The number of hydrogen-bond acceptors (Lipinski definition) is 7. The summed E-state index contributed by atoms with van der Waals surface area (Å²) < 4.78 is 0. The second-order valence-electron chi connectivity index (χ2n) is 6.09. The summed E-state index contributed by atoms with van der Waals surface area (Å²) in [5.41, 5.74) is 3.85. The number of carbonyl (C=O) groups is 1. The summed E-state index contributed by atoms with van der Waals surface area (Å²) in [6, 6.07) is 0.0668. The van der Waals surface area contributed by atoms with Crippen molar-refractivity contribution in [3.05, 3.63) is 23.8 Å². The Hall–Kier alpha value is -1.06. The van der Waals surface area contributed by atoms with Crippen LogP contribution in [0.1, 0.15) is 26.2 Å². The Kier molecular flexibility index (Phi) is 7.57. The van der Waals surface area contributed by atoms with Crippen molar-refractivity contribution < 1.29 is 19.8 Å². The second-order valence-corrected chi connectivity index (χ2v) is 7.17. The number of aliphatic hydroxyl groups is 2. The average molecular weight is 357 g/mol. The van der Waals surface area contributed by atoms with E-state index in [9.17, 15) is 15.0 Å². The number of likely N-dealkylation sites (tertiary alicyclic amines) is 1. The Morgan fingerprint density at radius 3 is 3.12 bits per heavy atom. The minimum absolute atomic E-state index is 0.0668. The van der Waals surface area contributed by atoms with E-state index in [0.29, 0.717) is 19.5 Å². The van der Waals surface area contributed by atoms with E-state index in [0.717, 1.165) is 18.5 Å². The highest BCUT2D eigenvalue weighted by molar-refractivity contribution is 8.03. The lowest BCUT2D eigenvalue weighted by molar-refractivity contribution is -0.151. The third kappa shape index (κ3) is 5.22. The van der Waals surface area contributed by atoms with Crippen LogP contribution in [-0.4, -0.2) is 64.3 Å². The smallest absolute Gasteiger partial charge is 0.254 e. The number of nitrogens with zero attached hydrogens (tertiary/aromatic N) is 1. The van der Waals surface area contributed by atoms with Gasteiger partial charge in [0, 0.05) is 18.3 Å². The molecule has 4 N–H and O–H groups in total. The molecular weight excluding hydrogens is 330 g/mol. The van der Waals surface area contributed by atoms with Crippen LogP contribution in [0, 0.1) is 0 Å². The number of rotatable bonds is 9. The van der Waals surface area contributed by atoms with Gasteiger partial charge in [0.1, 0.15) is 6.10 Å². The normalized spacial score (nSPS) is 26.0. The van der Waals surface area contributed by atoms with Crippen molar-refractivity contribution in [3.8, 4) is 0 Å². The first-order valence-electron chi connectivity index (χ1n) is 8.24. The van der Waals surface area contributed by atoms with Crippen molar-refractivity contribution >= 4 is 17.7 Å². The lowest BCUT2D eigenvalue weighted by Crippen LogP contribution is -2.48. The van der Waals surface area contributed by atoms with Gasteiger partial charge in [0.25, 0.3) is 5.91 Å². The fourth-order valence-electron chi connectivity index (χ4n) is 2.87. The average Bonchev–Trinajstić information content (AvgIpc) is 3.19. The predicted octanol–water partition coefficient (Wildman–Crippen LogP) is 0.320. The van der Waals surface area contributed by atoms with Crippen LogP contribution >= 0.6 is 11.8 Å². The molecule has 0 aromatic carbocycles. The highest BCUT2D eigenvalue weighted by atomic mass is 32.2. The van der Waals surface area contributed by atoms with Crippen molar-refractivity contribution in [1.82, 2.24) is 15.7 Å². The van der Waals surface area contributed by atoms with Crippen LogP contribution in [0.4, 0.5) is 0 Å². The van der Waals surface area contributed by atoms with Crippen molar-refractivity contribution in [1.29, 1.82) is 0 Å². The maximum atomic E-state index is 12.3. The van der Waals surface area contributed by atoms with Gasteiger partial charge in [-0.3, -0.25) is 9.63 Å². The first-order chi connectivity index (χ1) is 11.5. The molecule has 4 atom stereocenters. The number of allylic oxidation sites excluding steroid dienone is 1. The van der Waals surface area contributed by atoms with Crippen molar-refractivity contribution in [2.45, 2.75) is 49.8 Å². The molecule has 0 spiro atoms. The Labute approximate surface area is 147 Å². The summed E-state index contributed by atoms with van der Waals surface area (Å²) in [7, 11) is 0. The van der Waals surface area contributed by atoms with Gasteiger partial charge < -0.3 is 20.4 Å². The Morgan fingerprint density at radius 1 is 1.67 bits per heavy atom. The zero-order chi connectivity index (χ0) is 17.5. The molecule has 2 heterocycles. The summed E-state index contributed by atoms with van der Waals surface area (Å²) in [6.45, 7) is 6.68. The number of hydrogen-bond donors (Lipinski definition) is 4. The summed E-state index contributed by atoms with van der Waals surface area (Å²) in [5, 5.41) is 25.5. The van der Waals surface area contributed by atoms with Gasteiger partial charge in [-0.25, -0.2) is 0 Å². The third-order valence-electron chi connectivity index (χ3n) is 4.14. The molecule has 136 valence electrons. The van der Waals surface area contributed by atoms with Gasteiger partial charge in [0.05, 0.1) is 18.5 Å². The molecule has 2 unspecified atom stereocenters. The van der Waals surface area contributed by atoms with E-state index in [4.69, 9.17) is 4.84 Å². The van der Waals surface area contributed by atoms with E-state index >= 15 is 0 Å². The Balaban J connectivity index is 1.68. The molecular formula is C16H27N3O4S. The number of aliphatic hydroxyl groups excluding tert-OH is 2. The third-order valence-corrected chi connectivity index (χ3v) is 5.24. The zero-order valence-electron chi connectivity index (χ0n) is 14.0. The first kappa shape index (κ1) is 19.3. The highest BCUT2D eigenvalue weighted by Gasteiger charge is 2.34. The molecule has 1 amide bonds. The van der Waals surface area contributed by atoms with Crippen molar-refractivity contribution in [2.24, 2.45) is 0 Å². The minimum atomic E-state index is -1.47. The van der Waals surface area contributed by atoms with Gasteiger partial charge in [-0.05, 0) is 31.6 Å². The predicted molar refractivity (Wildman–Crippen MR) is 93.8 cm³/mol. The molecule has 2 rings (SSSR count). The maximum absolute atomic E-state index is 12.3. The van der Waals surface area contributed by atoms with Crippen LogP contribution in [0.15, 0.2) is 23.8 Å². The molecule has 2 aliphatic rings. The fraction of sp³-hybridized carbons (Fsp3) is 0.688. The number of amides is 1. The Morgan fingerprint density at radius 2 is 2.46 bits per heavy atom. The summed E-state index contributed by atoms with van der Waals surface area (Å²) in [6.07, 6.45) is 1.55. The zero-order valence-corrected chi connectivity index (χ0v) is 14.8. The van der Waals surface area contributed by atoms with Crippen molar-refractivity contribution in [3.63, 3.8) is 0 Å². The van der Waals surface area contributed by atoms with Crippen molar-refractivity contribution in [2.75, 3.05) is 19.7 Å². The topological polar surface area (TPSA) is 94.1 Å². The molecule has 0 aromatic rings. The van der Waals surface area contributed by atoms with Crippen LogP contribution < -0.4 is 10.8 Å². The highest BCUT2D eigenvalue weighted by Crippen LogP contribution is 2.22. The SMILES string of the molecule is C=CCC1CCCN1C(=O)[C@H](O)[C@@H](O)CONCC1NC(C)=CS1. The van der Waals surface area contributed by atoms with Crippen LogP contribution in [0.5, 0.6) is 0 Å². The number of nitrogens with one attached hydrogen (secondary N) is 2. The minimum Gasteiger partial charge on any atom is -0.387 e. The molecule has 7 nitrogen and oxygen atoms in total. The van der Waals surface area contributed by atoms with E-state index in [1.54, 1.807) is 22.7 Å². The number of carbonyl (C=O) groups excluding carboxylic acids is 1. The lowest BCUT2D eigenvalue weighted by atomic mass is 10.1. The standard InChI is InChI=1S/C16H27N3O4S/c1-3-5-12-6-4-7-19(12)16(22)15(21)13(20)9-23-17-8-14-18-11(2)10-24-14/h3,10,12-15,17-18,20-21H,1,4-9H2,2H3/t12?,13-,14?,15+/m0/s1. The van der Waals surface area contributed by atoms with Gasteiger partial charge in [-0.15, -0.1) is 18.3 Å². The largest absolute Gasteiger partial charge is 0.387 e. The molecule has 8 heteroatoms. The molecule has 2 aliphatic heterocycles. The summed E-state index contributed by atoms with van der Waals surface area (Å²) in [4.78, 5) is 19.1. The molecule has 0 saturated carbocycles. The maximum Gasteiger partial charge on any atom is 0.254 e.